The van der Waals surface area contributed by atoms with Crippen LogP contribution in [0.15, 0.2) is 11.1 Å². The zero-order valence-corrected chi connectivity index (χ0v) is 9.86. The lowest BCUT2D eigenvalue weighted by Crippen LogP contribution is -2.35. The molecule has 0 aliphatic carbocycles. The quantitative estimate of drug-likeness (QED) is 0.745. The lowest BCUT2D eigenvalue weighted by molar-refractivity contribution is 0.378. The van der Waals surface area contributed by atoms with Crippen molar-refractivity contribution < 1.29 is 0 Å². The van der Waals surface area contributed by atoms with Crippen LogP contribution in [0, 0.1) is 0 Å². The number of hydrogen-bond acceptors (Lipinski definition) is 4. The fraction of sp³-hybridized carbons (Fsp3) is 0.636. The highest BCUT2D eigenvalue weighted by molar-refractivity contribution is 5.19. The fourth-order valence-corrected chi connectivity index (χ4v) is 1.86. The largest absolute Gasteiger partial charge is 0.311 e. The molecule has 0 fully saturated rings. The van der Waals surface area contributed by atoms with Crippen molar-refractivity contribution in [3.05, 3.63) is 27.9 Å². The number of likely N-dealkylation sites (N-methyl/N-ethyl adjacent to an activating group) is 1. The molecule has 5 nitrogen and oxygen atoms in total. The molecule has 1 aliphatic heterocycles. The van der Waals surface area contributed by atoms with Gasteiger partial charge in [-0.05, 0) is 27.1 Å². The third-order valence-electron chi connectivity index (χ3n) is 2.85. The van der Waals surface area contributed by atoms with Crippen LogP contribution in [-0.4, -0.2) is 41.6 Å². The molecule has 0 amide bonds. The molecule has 1 aromatic heterocycles. The summed E-state index contributed by atoms with van der Waals surface area (Å²) in [6.07, 6.45) is 2.46. The van der Waals surface area contributed by atoms with Gasteiger partial charge in [-0.3, -0.25) is 9.36 Å². The lowest BCUT2D eigenvalue weighted by atomic mass is 10.1. The Morgan fingerprint density at radius 3 is 3.12 bits per heavy atom. The van der Waals surface area contributed by atoms with E-state index in [0.29, 0.717) is 6.54 Å². The molecule has 5 heteroatoms. The fourth-order valence-electron chi connectivity index (χ4n) is 1.86. The molecule has 1 aromatic rings. The summed E-state index contributed by atoms with van der Waals surface area (Å²) in [5, 5.41) is 3.22. The van der Waals surface area contributed by atoms with Gasteiger partial charge in [0.2, 0.25) is 0 Å². The molecule has 0 saturated heterocycles. The van der Waals surface area contributed by atoms with Gasteiger partial charge in [0.15, 0.2) is 0 Å². The normalized spacial score (nSPS) is 15.2. The summed E-state index contributed by atoms with van der Waals surface area (Å²) in [5.74, 6) is 0. The maximum atomic E-state index is 12.1. The summed E-state index contributed by atoms with van der Waals surface area (Å²) in [6, 6.07) is 0. The molecule has 2 rings (SSSR count). The van der Waals surface area contributed by atoms with E-state index in [-0.39, 0.29) is 5.56 Å². The summed E-state index contributed by atoms with van der Waals surface area (Å²) >= 11 is 0. The number of hydrogen-bond donors (Lipinski definition) is 1. The minimum atomic E-state index is 0.133. The van der Waals surface area contributed by atoms with Gasteiger partial charge in [-0.25, -0.2) is 4.98 Å². The molecule has 2 heterocycles. The highest BCUT2D eigenvalue weighted by atomic mass is 16.1. The first kappa shape index (κ1) is 11.3. The number of nitrogens with zero attached hydrogens (tertiary/aromatic N) is 3. The second kappa shape index (κ2) is 4.76. The first-order chi connectivity index (χ1) is 7.68. The van der Waals surface area contributed by atoms with E-state index in [0.717, 1.165) is 37.3 Å². The lowest BCUT2D eigenvalue weighted by Gasteiger charge is -2.17. The van der Waals surface area contributed by atoms with E-state index >= 15 is 0 Å². The standard InChI is InChI=1S/C11H18N4O/c1-14(2)5-6-15-8-13-10-7-12-4-3-9(10)11(15)16/h8,12H,3-7H2,1-2H3. The molecular weight excluding hydrogens is 204 g/mol. The number of fused-ring (bicyclic) bond motifs is 1. The van der Waals surface area contributed by atoms with Crippen LogP contribution in [0.25, 0.3) is 0 Å². The summed E-state index contributed by atoms with van der Waals surface area (Å²) in [7, 11) is 4.00. The average Bonchev–Trinajstić information content (AvgIpc) is 2.28. The molecule has 0 saturated carbocycles. The Kier molecular flexibility index (Phi) is 3.36. The number of rotatable bonds is 3. The Hall–Kier alpha value is -1.20. The SMILES string of the molecule is CN(C)CCn1cnc2c(c1=O)CCNC2. The van der Waals surface area contributed by atoms with E-state index in [9.17, 15) is 4.79 Å². The summed E-state index contributed by atoms with van der Waals surface area (Å²) in [6.45, 7) is 3.17. The summed E-state index contributed by atoms with van der Waals surface area (Å²) < 4.78 is 1.71. The second-order valence-electron chi connectivity index (χ2n) is 4.40. The molecule has 16 heavy (non-hydrogen) atoms. The maximum absolute atomic E-state index is 12.1. The van der Waals surface area contributed by atoms with Crippen LogP contribution in [-0.2, 0) is 19.5 Å². The molecule has 0 unspecified atom stereocenters. The van der Waals surface area contributed by atoms with Gasteiger partial charge in [0.05, 0.1) is 12.0 Å². The highest BCUT2D eigenvalue weighted by Gasteiger charge is 2.14. The third kappa shape index (κ3) is 2.31. The van der Waals surface area contributed by atoms with Crippen LogP contribution in [0.4, 0.5) is 0 Å². The van der Waals surface area contributed by atoms with Gasteiger partial charge < -0.3 is 10.2 Å². The molecule has 0 atom stereocenters. The van der Waals surface area contributed by atoms with E-state index in [2.05, 4.69) is 15.2 Å². The van der Waals surface area contributed by atoms with E-state index in [1.165, 1.54) is 0 Å². The van der Waals surface area contributed by atoms with Crippen LogP contribution >= 0.6 is 0 Å². The molecular formula is C11H18N4O. The zero-order chi connectivity index (χ0) is 11.5. The Morgan fingerprint density at radius 2 is 2.38 bits per heavy atom. The van der Waals surface area contributed by atoms with E-state index in [1.807, 2.05) is 14.1 Å². The van der Waals surface area contributed by atoms with Crippen LogP contribution in [0.1, 0.15) is 11.3 Å². The monoisotopic (exact) mass is 222 g/mol. The van der Waals surface area contributed by atoms with Crippen molar-refractivity contribution >= 4 is 0 Å². The topological polar surface area (TPSA) is 50.2 Å². The smallest absolute Gasteiger partial charge is 0.256 e. The minimum absolute atomic E-state index is 0.133. The van der Waals surface area contributed by atoms with Crippen LogP contribution in [0.3, 0.4) is 0 Å². The van der Waals surface area contributed by atoms with E-state index in [1.54, 1.807) is 10.9 Å². The van der Waals surface area contributed by atoms with E-state index < -0.39 is 0 Å². The van der Waals surface area contributed by atoms with Crippen molar-refractivity contribution in [1.29, 1.82) is 0 Å². The van der Waals surface area contributed by atoms with Gasteiger partial charge in [0.25, 0.3) is 5.56 Å². The minimum Gasteiger partial charge on any atom is -0.311 e. The average molecular weight is 222 g/mol. The Morgan fingerprint density at radius 1 is 1.56 bits per heavy atom. The molecule has 1 aliphatic rings. The zero-order valence-electron chi connectivity index (χ0n) is 9.86. The Balaban J connectivity index is 2.24. The van der Waals surface area contributed by atoms with Crippen molar-refractivity contribution in [1.82, 2.24) is 19.8 Å². The number of aromatic nitrogens is 2. The van der Waals surface area contributed by atoms with Gasteiger partial charge in [-0.1, -0.05) is 0 Å². The molecule has 0 radical (unpaired) electrons. The summed E-state index contributed by atoms with van der Waals surface area (Å²) in [4.78, 5) is 18.5. The van der Waals surface area contributed by atoms with Gasteiger partial charge in [0.1, 0.15) is 0 Å². The molecule has 0 aromatic carbocycles. The van der Waals surface area contributed by atoms with Crippen LogP contribution < -0.4 is 10.9 Å². The van der Waals surface area contributed by atoms with Gasteiger partial charge in [-0.2, -0.15) is 0 Å². The second-order valence-corrected chi connectivity index (χ2v) is 4.40. The van der Waals surface area contributed by atoms with Crippen molar-refractivity contribution in [2.24, 2.45) is 0 Å². The Labute approximate surface area is 95.1 Å². The molecule has 0 bridgehead atoms. The maximum Gasteiger partial charge on any atom is 0.256 e. The van der Waals surface area contributed by atoms with Crippen molar-refractivity contribution in [3.63, 3.8) is 0 Å². The highest BCUT2D eigenvalue weighted by Crippen LogP contribution is 2.05. The van der Waals surface area contributed by atoms with E-state index in [4.69, 9.17) is 0 Å². The molecule has 1 N–H and O–H groups in total. The molecule has 88 valence electrons. The van der Waals surface area contributed by atoms with Crippen LogP contribution in [0.5, 0.6) is 0 Å². The first-order valence-corrected chi connectivity index (χ1v) is 5.61. The summed E-state index contributed by atoms with van der Waals surface area (Å²) in [5.41, 5.74) is 1.94. The van der Waals surface area contributed by atoms with Crippen molar-refractivity contribution in [2.75, 3.05) is 27.2 Å². The van der Waals surface area contributed by atoms with Gasteiger partial charge in [-0.15, -0.1) is 0 Å². The first-order valence-electron chi connectivity index (χ1n) is 5.61. The van der Waals surface area contributed by atoms with Crippen molar-refractivity contribution in [3.8, 4) is 0 Å². The predicted octanol–water partition coefficient (Wildman–Crippen LogP) is -0.549. The predicted molar refractivity (Wildman–Crippen MR) is 62.5 cm³/mol. The Bertz CT molecular complexity index is 424. The molecule has 0 spiro atoms. The van der Waals surface area contributed by atoms with Crippen molar-refractivity contribution in [2.45, 2.75) is 19.5 Å². The van der Waals surface area contributed by atoms with Gasteiger partial charge in [0, 0.05) is 25.2 Å². The van der Waals surface area contributed by atoms with Gasteiger partial charge >= 0.3 is 0 Å². The third-order valence-corrected chi connectivity index (χ3v) is 2.85. The number of nitrogens with one attached hydrogen (secondary N) is 1. The van der Waals surface area contributed by atoms with Crippen LogP contribution in [0.2, 0.25) is 0 Å².